The van der Waals surface area contributed by atoms with Crippen LogP contribution in [0, 0.1) is 11.7 Å². The third-order valence-electron chi connectivity index (χ3n) is 5.81. The molecule has 0 aliphatic heterocycles. The van der Waals surface area contributed by atoms with Crippen molar-refractivity contribution in [2.75, 3.05) is 0 Å². The number of thiazole rings is 1. The average molecular weight is 508 g/mol. The zero-order valence-corrected chi connectivity index (χ0v) is 21.0. The molecule has 5 aromatic rings. The Balaban J connectivity index is 1.40. The van der Waals surface area contributed by atoms with Crippen LogP contribution in [0.4, 0.5) is 4.39 Å². The summed E-state index contributed by atoms with van der Waals surface area (Å²) in [5.74, 6) is 1.73. The molecule has 1 atom stereocenters. The quantitative estimate of drug-likeness (QED) is 0.278. The highest BCUT2D eigenvalue weighted by Crippen LogP contribution is 2.27. The summed E-state index contributed by atoms with van der Waals surface area (Å²) in [6.45, 7) is 6.45. The van der Waals surface area contributed by atoms with Gasteiger partial charge in [-0.2, -0.15) is 4.52 Å². The van der Waals surface area contributed by atoms with Gasteiger partial charge in [0.05, 0.1) is 5.02 Å². The summed E-state index contributed by atoms with van der Waals surface area (Å²) in [5.41, 5.74) is 2.82. The van der Waals surface area contributed by atoms with E-state index in [0.717, 1.165) is 12.0 Å². The van der Waals surface area contributed by atoms with Gasteiger partial charge in [-0.05, 0) is 53.8 Å². The third-order valence-corrected chi connectivity index (χ3v) is 7.06. The summed E-state index contributed by atoms with van der Waals surface area (Å²) in [7, 11) is 0. The molecule has 35 heavy (non-hydrogen) atoms. The number of hydrogen-bond donors (Lipinski definition) is 0. The van der Waals surface area contributed by atoms with Crippen molar-refractivity contribution in [1.82, 2.24) is 14.6 Å². The number of aromatic nitrogens is 3. The molecule has 2 aromatic carbocycles. The highest BCUT2D eigenvalue weighted by molar-refractivity contribution is 7.15. The predicted octanol–water partition coefficient (Wildman–Crippen LogP) is 6.10. The van der Waals surface area contributed by atoms with E-state index in [4.69, 9.17) is 16.0 Å². The Morgan fingerprint density at radius 2 is 1.89 bits per heavy atom. The van der Waals surface area contributed by atoms with Gasteiger partial charge in [-0.1, -0.05) is 68.0 Å². The predicted molar refractivity (Wildman–Crippen MR) is 138 cm³/mol. The minimum absolute atomic E-state index is 0.0216. The minimum atomic E-state index is -0.490. The molecule has 8 heteroatoms. The van der Waals surface area contributed by atoms with Crippen LogP contribution in [0.3, 0.4) is 0 Å². The summed E-state index contributed by atoms with van der Waals surface area (Å²) >= 11 is 7.13. The van der Waals surface area contributed by atoms with Crippen LogP contribution in [-0.2, 0) is 6.42 Å². The van der Waals surface area contributed by atoms with Crippen molar-refractivity contribution in [1.29, 1.82) is 0 Å². The van der Waals surface area contributed by atoms with Crippen molar-refractivity contribution in [2.24, 2.45) is 5.92 Å². The van der Waals surface area contributed by atoms with E-state index in [1.54, 1.807) is 24.3 Å². The maximum absolute atomic E-state index is 13.4. The smallest absolute Gasteiger partial charge is 0.291 e. The molecule has 0 aliphatic carbocycles. The zero-order valence-electron chi connectivity index (χ0n) is 19.5. The van der Waals surface area contributed by atoms with Crippen LogP contribution >= 0.6 is 22.9 Å². The first-order valence-corrected chi connectivity index (χ1v) is 12.5. The Kier molecular flexibility index (Phi) is 6.30. The van der Waals surface area contributed by atoms with Gasteiger partial charge in [0.1, 0.15) is 21.9 Å². The summed E-state index contributed by atoms with van der Waals surface area (Å²) in [6, 6.07) is 16.4. The number of halogens is 2. The van der Waals surface area contributed by atoms with E-state index in [1.165, 1.54) is 33.5 Å². The van der Waals surface area contributed by atoms with Gasteiger partial charge in [0.2, 0.25) is 4.96 Å². The van der Waals surface area contributed by atoms with E-state index in [2.05, 4.69) is 48.2 Å². The maximum atomic E-state index is 13.4. The molecule has 178 valence electrons. The summed E-state index contributed by atoms with van der Waals surface area (Å²) in [5, 5.41) is 4.52. The summed E-state index contributed by atoms with van der Waals surface area (Å²) in [6.07, 6.45) is 2.70. The third kappa shape index (κ3) is 4.79. The molecule has 1 unspecified atom stereocenters. The lowest BCUT2D eigenvalue weighted by molar-refractivity contribution is 0.571. The van der Waals surface area contributed by atoms with Crippen molar-refractivity contribution in [3.8, 4) is 11.3 Å². The van der Waals surface area contributed by atoms with Gasteiger partial charge in [-0.3, -0.25) is 4.79 Å². The Labute approximate surface area is 210 Å². The van der Waals surface area contributed by atoms with Crippen LogP contribution in [0.2, 0.25) is 5.02 Å². The number of fused-ring (bicyclic) bond motifs is 1. The molecular weight excluding hydrogens is 485 g/mol. The van der Waals surface area contributed by atoms with Gasteiger partial charge in [-0.15, -0.1) is 5.10 Å². The fraction of sp³-hybridized carbons (Fsp3) is 0.222. The molecule has 0 N–H and O–H groups in total. The molecule has 3 aromatic heterocycles. The Morgan fingerprint density at radius 3 is 2.57 bits per heavy atom. The highest BCUT2D eigenvalue weighted by Gasteiger charge is 2.18. The SMILES string of the molecule is CC(C)Cc1ccc(C(C)c2nc3s/c(=C/c4ccc(-c5ccc(F)c(Cl)c5)o4)c(=O)n3n2)cc1. The first-order valence-electron chi connectivity index (χ1n) is 11.3. The van der Waals surface area contributed by atoms with E-state index >= 15 is 0 Å². The molecule has 0 fully saturated rings. The van der Waals surface area contributed by atoms with Gasteiger partial charge in [0.25, 0.3) is 5.56 Å². The van der Waals surface area contributed by atoms with Gasteiger partial charge in [0.15, 0.2) is 5.82 Å². The number of rotatable bonds is 6. The second-order valence-electron chi connectivity index (χ2n) is 8.97. The maximum Gasteiger partial charge on any atom is 0.291 e. The van der Waals surface area contributed by atoms with Crippen molar-refractivity contribution >= 4 is 34.0 Å². The topological polar surface area (TPSA) is 60.4 Å². The first kappa shape index (κ1) is 23.5. The molecule has 5 rings (SSSR count). The standard InChI is InChI=1S/C27H23ClFN3O2S/c1-15(2)12-17-4-6-18(7-5-17)16(3)25-30-27-32(31-25)26(33)24(35-27)14-20-9-11-23(34-20)19-8-10-22(29)21(28)13-19/h4-11,13-16H,12H2,1-3H3/b24-14+. The molecular formula is C27H23ClFN3O2S. The molecule has 0 spiro atoms. The molecule has 0 aliphatic rings. The minimum Gasteiger partial charge on any atom is -0.457 e. The lowest BCUT2D eigenvalue weighted by Crippen LogP contribution is -2.23. The van der Waals surface area contributed by atoms with Crippen molar-refractivity contribution < 1.29 is 8.81 Å². The van der Waals surface area contributed by atoms with Gasteiger partial charge in [0, 0.05) is 17.6 Å². The monoisotopic (exact) mass is 507 g/mol. The van der Waals surface area contributed by atoms with Crippen LogP contribution in [-0.4, -0.2) is 14.6 Å². The van der Waals surface area contributed by atoms with Crippen LogP contribution in [0.15, 0.2) is 63.8 Å². The second kappa shape index (κ2) is 9.40. The van der Waals surface area contributed by atoms with Gasteiger partial charge < -0.3 is 4.42 Å². The zero-order chi connectivity index (χ0) is 24.7. The molecule has 0 bridgehead atoms. The van der Waals surface area contributed by atoms with Crippen LogP contribution < -0.4 is 10.1 Å². The van der Waals surface area contributed by atoms with E-state index < -0.39 is 5.82 Å². The second-order valence-corrected chi connectivity index (χ2v) is 10.4. The molecule has 3 heterocycles. The van der Waals surface area contributed by atoms with Crippen molar-refractivity contribution in [3.63, 3.8) is 0 Å². The summed E-state index contributed by atoms with van der Waals surface area (Å²) < 4.78 is 21.1. The highest BCUT2D eigenvalue weighted by atomic mass is 35.5. The van der Waals surface area contributed by atoms with Crippen LogP contribution in [0.5, 0.6) is 0 Å². The lowest BCUT2D eigenvalue weighted by Gasteiger charge is -2.10. The number of nitrogens with zero attached hydrogens (tertiary/aromatic N) is 3. The van der Waals surface area contributed by atoms with E-state index in [9.17, 15) is 9.18 Å². The average Bonchev–Trinajstić information content (AvgIpc) is 3.53. The lowest BCUT2D eigenvalue weighted by atomic mass is 9.96. The molecule has 5 nitrogen and oxygen atoms in total. The normalized spacial score (nSPS) is 13.3. The molecule has 0 radical (unpaired) electrons. The van der Waals surface area contributed by atoms with Crippen molar-refractivity contribution in [2.45, 2.75) is 33.1 Å². The number of benzene rings is 2. The number of hydrogen-bond acceptors (Lipinski definition) is 5. The van der Waals surface area contributed by atoms with E-state index in [0.29, 0.717) is 38.3 Å². The largest absolute Gasteiger partial charge is 0.457 e. The first-order chi connectivity index (χ1) is 16.8. The van der Waals surface area contributed by atoms with E-state index in [1.807, 2.05) is 6.92 Å². The molecule has 0 amide bonds. The fourth-order valence-electron chi connectivity index (χ4n) is 3.96. The fourth-order valence-corrected chi connectivity index (χ4v) is 5.03. The summed E-state index contributed by atoms with van der Waals surface area (Å²) in [4.78, 5) is 18.1. The Hall–Kier alpha value is -3.29. The van der Waals surface area contributed by atoms with Gasteiger partial charge >= 0.3 is 0 Å². The van der Waals surface area contributed by atoms with Crippen LogP contribution in [0.1, 0.15) is 49.4 Å². The number of furan rings is 1. The molecule has 0 saturated carbocycles. The van der Waals surface area contributed by atoms with Gasteiger partial charge in [-0.25, -0.2) is 9.37 Å². The Bertz CT molecular complexity index is 1620. The Morgan fingerprint density at radius 1 is 1.11 bits per heavy atom. The van der Waals surface area contributed by atoms with E-state index in [-0.39, 0.29) is 16.5 Å². The van der Waals surface area contributed by atoms with Crippen LogP contribution in [0.25, 0.3) is 22.4 Å². The van der Waals surface area contributed by atoms with Crippen molar-refractivity contribution in [3.05, 3.63) is 103 Å². The molecule has 0 saturated heterocycles.